The first-order valence-electron chi connectivity index (χ1n) is 15.1. The lowest BCUT2D eigenvalue weighted by atomic mass is 9.96. The number of aryl methyl sites for hydroxylation is 1. The Morgan fingerprint density at radius 1 is 1.02 bits per heavy atom. The van der Waals surface area contributed by atoms with E-state index >= 15 is 0 Å². The van der Waals surface area contributed by atoms with Crippen molar-refractivity contribution in [1.29, 1.82) is 0 Å². The largest absolute Gasteiger partial charge is 0.494 e. The zero-order chi connectivity index (χ0) is 33.5. The van der Waals surface area contributed by atoms with Crippen LogP contribution < -0.4 is 19.8 Å². The number of benzene rings is 3. The second-order valence-electron chi connectivity index (χ2n) is 10.7. The Morgan fingerprint density at radius 3 is 2.37 bits per heavy atom. The van der Waals surface area contributed by atoms with Crippen LogP contribution in [0.4, 0.5) is 5.69 Å². The molecule has 0 aliphatic carbocycles. The van der Waals surface area contributed by atoms with Crippen LogP contribution in [0.3, 0.4) is 0 Å². The summed E-state index contributed by atoms with van der Waals surface area (Å²) >= 11 is 0. The van der Waals surface area contributed by atoms with E-state index in [1.807, 2.05) is 26.0 Å². The van der Waals surface area contributed by atoms with Crippen LogP contribution >= 0.6 is 0 Å². The summed E-state index contributed by atoms with van der Waals surface area (Å²) in [6.07, 6.45) is 0.193. The highest BCUT2D eigenvalue weighted by atomic mass is 16.6. The smallest absolute Gasteiger partial charge is 0.347 e. The van der Waals surface area contributed by atoms with Gasteiger partial charge in [0, 0.05) is 17.2 Å². The van der Waals surface area contributed by atoms with Crippen LogP contribution in [0.5, 0.6) is 17.2 Å². The van der Waals surface area contributed by atoms with E-state index in [2.05, 4.69) is 18.9 Å². The summed E-state index contributed by atoms with van der Waals surface area (Å²) in [6, 6.07) is 13.6. The third-order valence-electron chi connectivity index (χ3n) is 7.06. The van der Waals surface area contributed by atoms with Gasteiger partial charge in [0.15, 0.2) is 17.7 Å². The van der Waals surface area contributed by atoms with Gasteiger partial charge in [-0.25, -0.2) is 9.78 Å². The van der Waals surface area contributed by atoms with Crippen molar-refractivity contribution in [1.82, 2.24) is 9.66 Å². The van der Waals surface area contributed by atoms with E-state index in [9.17, 15) is 19.7 Å². The average molecular weight is 631 g/mol. The quantitative estimate of drug-likeness (QED) is 0.0708. The Labute approximate surface area is 266 Å². The zero-order valence-electron chi connectivity index (χ0n) is 27.0. The molecule has 1 aromatic heterocycles. The maximum absolute atomic E-state index is 13.9. The van der Waals surface area contributed by atoms with Crippen molar-refractivity contribution in [2.75, 3.05) is 19.8 Å². The molecule has 0 N–H and O–H groups in total. The van der Waals surface area contributed by atoms with E-state index in [0.29, 0.717) is 28.9 Å². The number of para-hydroxylation sites is 1. The van der Waals surface area contributed by atoms with Crippen LogP contribution in [0, 0.1) is 17.0 Å². The van der Waals surface area contributed by atoms with E-state index in [1.165, 1.54) is 29.9 Å². The summed E-state index contributed by atoms with van der Waals surface area (Å²) in [5, 5.41) is 17.0. The van der Waals surface area contributed by atoms with Gasteiger partial charge in [-0.2, -0.15) is 9.78 Å². The second kappa shape index (κ2) is 14.7. The van der Waals surface area contributed by atoms with Gasteiger partial charge in [-0.3, -0.25) is 14.9 Å². The second-order valence-corrected chi connectivity index (χ2v) is 10.7. The summed E-state index contributed by atoms with van der Waals surface area (Å²) in [5.41, 5.74) is 2.35. The summed E-state index contributed by atoms with van der Waals surface area (Å²) in [5.74, 6) is 0.307. The molecule has 0 amide bonds. The molecule has 4 rings (SSSR count). The van der Waals surface area contributed by atoms with Crippen molar-refractivity contribution in [3.05, 3.63) is 85.7 Å². The molecule has 1 heterocycles. The van der Waals surface area contributed by atoms with Crippen molar-refractivity contribution < 1.29 is 28.7 Å². The Morgan fingerprint density at radius 2 is 1.72 bits per heavy atom. The summed E-state index contributed by atoms with van der Waals surface area (Å²) < 4.78 is 23.4. The fraction of sp³-hybridized carbons (Fsp3) is 0.353. The van der Waals surface area contributed by atoms with Crippen molar-refractivity contribution in [3.63, 3.8) is 0 Å². The van der Waals surface area contributed by atoms with Crippen LogP contribution in [0.1, 0.15) is 64.2 Å². The fourth-order valence-corrected chi connectivity index (χ4v) is 4.88. The van der Waals surface area contributed by atoms with Crippen LogP contribution in [0.25, 0.3) is 22.3 Å². The molecule has 0 saturated carbocycles. The van der Waals surface area contributed by atoms with E-state index in [4.69, 9.17) is 23.9 Å². The Balaban J connectivity index is 1.91. The highest BCUT2D eigenvalue weighted by Gasteiger charge is 2.27. The lowest BCUT2D eigenvalue weighted by Crippen LogP contribution is -2.26. The van der Waals surface area contributed by atoms with Gasteiger partial charge in [0.1, 0.15) is 5.75 Å². The lowest BCUT2D eigenvalue weighted by molar-refractivity contribution is -0.386. The molecule has 1 atom stereocenters. The number of nitrogens with zero attached hydrogens (tertiary/aromatic N) is 4. The molecule has 0 spiro atoms. The first kappa shape index (κ1) is 33.6. The normalized spacial score (nSPS) is 12.0. The molecular weight excluding hydrogens is 592 g/mol. The molecular formula is C34H38N4O8. The molecule has 0 saturated heterocycles. The molecule has 0 aliphatic heterocycles. The van der Waals surface area contributed by atoms with Crippen LogP contribution in [-0.4, -0.2) is 52.7 Å². The number of fused-ring (bicyclic) bond motifs is 1. The molecule has 0 unspecified atom stereocenters. The molecule has 3 aromatic carbocycles. The predicted molar refractivity (Wildman–Crippen MR) is 175 cm³/mol. The first-order chi connectivity index (χ1) is 22.0. The Hall–Kier alpha value is -5.26. The van der Waals surface area contributed by atoms with Gasteiger partial charge in [0.05, 0.1) is 41.9 Å². The Kier molecular flexibility index (Phi) is 10.7. The Bertz CT molecular complexity index is 1850. The summed E-state index contributed by atoms with van der Waals surface area (Å²) in [7, 11) is 0. The number of ether oxygens (including phenoxy) is 4. The zero-order valence-corrected chi connectivity index (χ0v) is 27.0. The molecule has 0 radical (unpaired) electrons. The minimum Gasteiger partial charge on any atom is -0.494 e. The van der Waals surface area contributed by atoms with Crippen molar-refractivity contribution in [2.24, 2.45) is 5.10 Å². The van der Waals surface area contributed by atoms with Crippen LogP contribution in [0.15, 0.2) is 58.4 Å². The molecule has 4 aromatic rings. The highest BCUT2D eigenvalue weighted by Crippen LogP contribution is 2.39. The topological polar surface area (TPSA) is 144 Å². The highest BCUT2D eigenvalue weighted by molar-refractivity contribution is 5.85. The standard InChI is InChI=1S/C34H38N4O8/c1-8-43-29-15-21(6)26(18-25(29)20(4)5)32-36-27-14-12-11-13-24(27)33(39)37(32)35-19-23-16-28(38(41)42)31(30(17-23)44-9-2)46-22(7)34(40)45-10-3/h11-20,22H,8-10H2,1-7H3/t22-/m1/s1. The third-order valence-corrected chi connectivity index (χ3v) is 7.06. The molecule has 12 heteroatoms. The molecule has 46 heavy (non-hydrogen) atoms. The maximum atomic E-state index is 13.9. The average Bonchev–Trinajstić information content (AvgIpc) is 3.01. The number of nitro benzene ring substituents is 1. The van der Waals surface area contributed by atoms with E-state index in [0.717, 1.165) is 16.9 Å². The summed E-state index contributed by atoms with van der Waals surface area (Å²) in [6.45, 7) is 13.5. The van der Waals surface area contributed by atoms with Crippen LogP contribution in [0.2, 0.25) is 0 Å². The van der Waals surface area contributed by atoms with Gasteiger partial charge in [-0.1, -0.05) is 26.0 Å². The van der Waals surface area contributed by atoms with Crippen molar-refractivity contribution in [3.8, 4) is 28.6 Å². The molecule has 0 fully saturated rings. The fourth-order valence-electron chi connectivity index (χ4n) is 4.88. The lowest BCUT2D eigenvalue weighted by Gasteiger charge is -2.18. The number of esters is 1. The molecule has 0 aliphatic rings. The number of carbonyl (C=O) groups excluding carboxylic acids is 1. The first-order valence-corrected chi connectivity index (χ1v) is 15.1. The van der Waals surface area contributed by atoms with Crippen molar-refractivity contribution in [2.45, 2.75) is 60.5 Å². The van der Waals surface area contributed by atoms with E-state index in [-0.39, 0.29) is 36.2 Å². The maximum Gasteiger partial charge on any atom is 0.347 e. The van der Waals surface area contributed by atoms with Gasteiger partial charge >= 0.3 is 11.7 Å². The minimum atomic E-state index is -1.13. The SMILES string of the molecule is CCOC(=O)[C@@H](C)Oc1c(OCC)cc(C=Nn2c(-c3cc(C(C)C)c(OCC)cc3C)nc3ccccc3c2=O)cc1[N+](=O)[O-]. The van der Waals surface area contributed by atoms with Gasteiger partial charge in [-0.15, -0.1) is 0 Å². The number of carbonyl (C=O) groups is 1. The number of hydrogen-bond acceptors (Lipinski definition) is 10. The molecule has 0 bridgehead atoms. The van der Waals surface area contributed by atoms with Gasteiger partial charge in [0.2, 0.25) is 5.75 Å². The van der Waals surface area contributed by atoms with Crippen LogP contribution in [-0.2, 0) is 9.53 Å². The number of hydrogen-bond donors (Lipinski definition) is 0. The van der Waals surface area contributed by atoms with Gasteiger partial charge in [0.25, 0.3) is 5.56 Å². The monoisotopic (exact) mass is 630 g/mol. The summed E-state index contributed by atoms with van der Waals surface area (Å²) in [4.78, 5) is 42.4. The number of aromatic nitrogens is 2. The predicted octanol–water partition coefficient (Wildman–Crippen LogP) is 6.41. The van der Waals surface area contributed by atoms with E-state index < -0.39 is 28.2 Å². The van der Waals surface area contributed by atoms with Crippen molar-refractivity contribution >= 4 is 28.8 Å². The molecule has 12 nitrogen and oxygen atoms in total. The number of nitro groups is 1. The van der Waals surface area contributed by atoms with E-state index in [1.54, 1.807) is 38.1 Å². The van der Waals surface area contributed by atoms with Gasteiger partial charge in [-0.05, 0) is 82.0 Å². The molecule has 242 valence electrons. The number of rotatable bonds is 13. The van der Waals surface area contributed by atoms with Gasteiger partial charge < -0.3 is 18.9 Å². The third kappa shape index (κ3) is 7.17. The minimum absolute atomic E-state index is 0.0300.